The minimum absolute atomic E-state index is 0. The molecule has 12 aromatic carbocycles. The summed E-state index contributed by atoms with van der Waals surface area (Å²) in [6, 6.07) is 104. The van der Waals surface area contributed by atoms with E-state index in [0.29, 0.717) is 11.6 Å². The number of para-hydroxylation sites is 8. The lowest BCUT2D eigenvalue weighted by Crippen LogP contribution is -1.98. The highest BCUT2D eigenvalue weighted by molar-refractivity contribution is 9.10. The monoisotopic (exact) mass is 1220 g/mol. The molecule has 90 heavy (non-hydrogen) atoms. The van der Waals surface area contributed by atoms with Gasteiger partial charge in [-0.2, -0.15) is 0 Å². The number of H-pyrrole nitrogens is 1. The number of hydrogen-bond donors (Lipinski definition) is 1. The fourth-order valence-electron chi connectivity index (χ4n) is 12.3. The van der Waals surface area contributed by atoms with E-state index in [1.807, 2.05) is 103 Å². The molecule has 9 heteroatoms. The molecule has 0 aliphatic rings. The Morgan fingerprint density at radius 3 is 1.18 bits per heavy atom. The van der Waals surface area contributed by atoms with E-state index in [4.69, 9.17) is 28.8 Å². The van der Waals surface area contributed by atoms with Crippen molar-refractivity contribution in [2.75, 3.05) is 0 Å². The zero-order valence-electron chi connectivity index (χ0n) is 47.8. The van der Waals surface area contributed by atoms with Crippen LogP contribution in [0.5, 0.6) is 0 Å². The molecular weight excluding hydrogens is 1170 g/mol. The number of furan rings is 2. The number of nitrogens with zero attached hydrogens (tertiary/aromatic N) is 5. The number of aromatic nitrogens is 6. The van der Waals surface area contributed by atoms with Crippen LogP contribution in [0.15, 0.2) is 317 Å². The maximum atomic E-state index is 6.42. The summed E-state index contributed by atoms with van der Waals surface area (Å²) < 4.78 is 16.0. The van der Waals surface area contributed by atoms with E-state index in [2.05, 4.69) is 226 Å². The number of nitrogens with one attached hydrogen (secondary N) is 1. The van der Waals surface area contributed by atoms with Crippen molar-refractivity contribution in [3.8, 4) is 73.5 Å². The average molecular weight is 1220 g/mol. The molecule has 0 saturated heterocycles. The number of rotatable bonds is 7. The first kappa shape index (κ1) is 55.1. The van der Waals surface area contributed by atoms with E-state index in [-0.39, 0.29) is 7.43 Å². The van der Waals surface area contributed by atoms with Crippen molar-refractivity contribution >= 4 is 103 Å². The second-order valence-electron chi connectivity index (χ2n) is 21.9. The summed E-state index contributed by atoms with van der Waals surface area (Å²) in [4.78, 5) is 23.6. The van der Waals surface area contributed by atoms with Crippen LogP contribution in [-0.4, -0.2) is 29.5 Å². The number of hydrogen-bond acceptors (Lipinski definition) is 6. The lowest BCUT2D eigenvalue weighted by Gasteiger charge is -2.12. The third-order valence-corrected chi connectivity index (χ3v) is 16.9. The third-order valence-electron chi connectivity index (χ3n) is 16.4. The second-order valence-corrected chi connectivity index (χ2v) is 22.8. The van der Waals surface area contributed by atoms with E-state index >= 15 is 0 Å². The Hall–Kier alpha value is -11.5. The van der Waals surface area contributed by atoms with E-state index in [9.17, 15) is 0 Å². The molecule has 6 aromatic heterocycles. The average Bonchev–Trinajstić information content (AvgIpc) is 1.83. The van der Waals surface area contributed by atoms with Gasteiger partial charge in [-0.25, -0.2) is 19.9 Å². The summed E-state index contributed by atoms with van der Waals surface area (Å²) in [7, 11) is 0. The lowest BCUT2D eigenvalue weighted by atomic mass is 10.0. The van der Waals surface area contributed by atoms with E-state index < -0.39 is 0 Å². The molecule has 0 saturated carbocycles. The fraction of sp³-hybridized carbons (Fsp3) is 0.0123. The minimum atomic E-state index is 0. The summed E-state index contributed by atoms with van der Waals surface area (Å²) in [6.07, 6.45) is 0. The second kappa shape index (κ2) is 23.6. The van der Waals surface area contributed by atoms with Gasteiger partial charge in [0.05, 0.1) is 33.8 Å². The molecular formula is C81H55BrN6O2. The molecule has 0 aliphatic heterocycles. The Balaban J connectivity index is 0.000000128. The van der Waals surface area contributed by atoms with Crippen LogP contribution in [0.2, 0.25) is 0 Å². The Morgan fingerprint density at radius 1 is 0.300 bits per heavy atom. The van der Waals surface area contributed by atoms with Crippen LogP contribution in [0.4, 0.5) is 0 Å². The summed E-state index contributed by atoms with van der Waals surface area (Å²) in [5, 5.41) is 9.44. The molecule has 428 valence electrons. The van der Waals surface area contributed by atoms with Crippen LogP contribution in [0.1, 0.15) is 7.43 Å². The molecule has 1 N–H and O–H groups in total. The van der Waals surface area contributed by atoms with Crippen molar-refractivity contribution in [3.63, 3.8) is 0 Å². The van der Waals surface area contributed by atoms with E-state index in [1.54, 1.807) is 0 Å². The van der Waals surface area contributed by atoms with Crippen LogP contribution >= 0.6 is 15.9 Å². The SMILES string of the molecule is Brc1cccc(-c2nc(-c3ccccc3)cc(-c3cccc4c3oc3ccccc34)n2)c1.C.c1ccc(-c2cc(-c3cccc4c3oc3ccccc34)nc(-c3cccc(-n4c5ccccc5c5ccccc54)c3)n2)cc1.c1ccc2c(c1)[nH]c1ccccc12. The third kappa shape index (κ3) is 10.2. The molecule has 0 bridgehead atoms. The molecule has 18 rings (SSSR count). The van der Waals surface area contributed by atoms with Crippen molar-refractivity contribution < 1.29 is 8.83 Å². The van der Waals surface area contributed by atoms with Crippen molar-refractivity contribution in [2.45, 2.75) is 7.43 Å². The maximum Gasteiger partial charge on any atom is 0.160 e. The zero-order valence-corrected chi connectivity index (χ0v) is 49.4. The minimum Gasteiger partial charge on any atom is -0.455 e. The van der Waals surface area contributed by atoms with E-state index in [0.717, 1.165) is 110 Å². The van der Waals surface area contributed by atoms with Crippen molar-refractivity contribution in [1.29, 1.82) is 0 Å². The highest BCUT2D eigenvalue weighted by atomic mass is 79.9. The first-order valence-electron chi connectivity index (χ1n) is 29.5. The Morgan fingerprint density at radius 2 is 0.678 bits per heavy atom. The topological polar surface area (TPSA) is 98.6 Å². The quantitative estimate of drug-likeness (QED) is 0.171. The first-order valence-corrected chi connectivity index (χ1v) is 30.3. The van der Waals surface area contributed by atoms with Gasteiger partial charge in [-0.05, 0) is 84.9 Å². The summed E-state index contributed by atoms with van der Waals surface area (Å²) in [5.41, 5.74) is 18.5. The largest absolute Gasteiger partial charge is 0.455 e. The predicted molar refractivity (Wildman–Crippen MR) is 376 cm³/mol. The maximum absolute atomic E-state index is 6.42. The highest BCUT2D eigenvalue weighted by Crippen LogP contribution is 2.40. The molecule has 0 atom stereocenters. The summed E-state index contributed by atoms with van der Waals surface area (Å²) in [5.74, 6) is 1.34. The summed E-state index contributed by atoms with van der Waals surface area (Å²) >= 11 is 3.57. The molecule has 8 nitrogen and oxygen atoms in total. The molecule has 0 amide bonds. The normalized spacial score (nSPS) is 11.3. The first-order chi connectivity index (χ1) is 44.0. The van der Waals surface area contributed by atoms with Gasteiger partial charge in [-0.1, -0.05) is 242 Å². The molecule has 0 fully saturated rings. The van der Waals surface area contributed by atoms with Crippen molar-refractivity contribution in [1.82, 2.24) is 29.5 Å². The van der Waals surface area contributed by atoms with Crippen LogP contribution in [0.3, 0.4) is 0 Å². The summed E-state index contributed by atoms with van der Waals surface area (Å²) in [6.45, 7) is 0. The van der Waals surface area contributed by atoms with Gasteiger partial charge in [-0.15, -0.1) is 0 Å². The molecule has 0 spiro atoms. The van der Waals surface area contributed by atoms with Crippen LogP contribution in [-0.2, 0) is 0 Å². The Kier molecular flexibility index (Phi) is 14.5. The van der Waals surface area contributed by atoms with Crippen LogP contribution in [0, 0.1) is 0 Å². The van der Waals surface area contributed by atoms with Gasteiger partial charge in [0.15, 0.2) is 11.6 Å². The molecule has 0 radical (unpaired) electrons. The molecule has 6 heterocycles. The molecule has 18 aromatic rings. The predicted octanol–water partition coefficient (Wildman–Crippen LogP) is 22.6. The standard InChI is InChI=1S/C40H25N3O.C28H17BrN2O.C12H9N.CH4/c1-2-12-26(13-3-1)34-25-35(33-20-11-19-32-31-18-6-9-23-38(31)44-39(32)33)42-40(41-34)27-14-10-15-28(24-27)43-36-21-7-4-16-29(36)30-17-5-8-22-37(30)43;29-20-11-6-10-19(16-20)28-30-24(18-8-2-1-3-9-18)17-25(31-28)23-14-7-13-22-21-12-4-5-15-26(21)32-27(22)23;1-3-7-11-9(5-1)10-6-2-4-8-12(10)13-11;/h1-25H;1-17H;1-8,13H;1H4. The van der Waals surface area contributed by atoms with Gasteiger partial charge < -0.3 is 18.4 Å². The molecule has 0 aliphatic carbocycles. The number of benzene rings is 12. The van der Waals surface area contributed by atoms with Crippen LogP contribution in [0.25, 0.3) is 161 Å². The lowest BCUT2D eigenvalue weighted by molar-refractivity contribution is 0.669. The number of halogens is 1. The number of aromatic amines is 1. The zero-order chi connectivity index (χ0) is 59.2. The van der Waals surface area contributed by atoms with Crippen LogP contribution < -0.4 is 0 Å². The molecule has 0 unspecified atom stereocenters. The van der Waals surface area contributed by atoms with Gasteiger partial charge >= 0.3 is 0 Å². The van der Waals surface area contributed by atoms with Gasteiger partial charge in [0.1, 0.15) is 22.3 Å². The number of fused-ring (bicyclic) bond motifs is 12. The van der Waals surface area contributed by atoms with E-state index in [1.165, 1.54) is 43.6 Å². The van der Waals surface area contributed by atoms with Gasteiger partial charge in [-0.3, -0.25) is 0 Å². The van der Waals surface area contributed by atoms with Crippen molar-refractivity contribution in [3.05, 3.63) is 308 Å². The Bertz CT molecular complexity index is 5570. The highest BCUT2D eigenvalue weighted by Gasteiger charge is 2.20. The Labute approximate surface area is 527 Å². The van der Waals surface area contributed by atoms with Gasteiger partial charge in [0.2, 0.25) is 0 Å². The van der Waals surface area contributed by atoms with Gasteiger partial charge in [0.25, 0.3) is 0 Å². The fourth-order valence-corrected chi connectivity index (χ4v) is 12.7. The smallest absolute Gasteiger partial charge is 0.160 e. The van der Waals surface area contributed by atoms with Crippen molar-refractivity contribution in [2.24, 2.45) is 0 Å². The van der Waals surface area contributed by atoms with Gasteiger partial charge in [0, 0.05) is 97.7 Å².